The number of thioether (sulfide) groups is 1. The minimum atomic E-state index is 0.355. The van der Waals surface area contributed by atoms with E-state index < -0.39 is 0 Å². The molecule has 3 N–H and O–H groups in total. The van der Waals surface area contributed by atoms with Crippen molar-refractivity contribution in [2.45, 2.75) is 18.9 Å². The third-order valence-electron chi connectivity index (χ3n) is 2.40. The molecule has 0 radical (unpaired) electrons. The number of nitrogens with two attached hydrogens (primary N) is 1. The molecule has 1 atom stereocenters. The first-order chi connectivity index (χ1) is 7.76. The van der Waals surface area contributed by atoms with Gasteiger partial charge in [-0.05, 0) is 49.1 Å². The normalized spacial score (nSPS) is 12.4. The summed E-state index contributed by atoms with van der Waals surface area (Å²) >= 11 is 7.71. The first-order valence-corrected chi connectivity index (χ1v) is 7.24. The Kier molecular flexibility index (Phi) is 6.69. The number of nitrogens with one attached hydrogen (secondary N) is 1. The molecule has 0 aliphatic heterocycles. The number of anilines is 1. The fourth-order valence-corrected chi connectivity index (χ4v) is 2.09. The van der Waals surface area contributed by atoms with Gasteiger partial charge < -0.3 is 11.1 Å². The minimum absolute atomic E-state index is 0.355. The second-order valence-electron chi connectivity index (χ2n) is 3.72. The lowest BCUT2D eigenvalue weighted by Crippen LogP contribution is -2.28. The predicted octanol–water partition coefficient (Wildman–Crippen LogP) is 3.22. The molecule has 0 bridgehead atoms. The van der Waals surface area contributed by atoms with E-state index in [0.29, 0.717) is 12.6 Å². The fourth-order valence-electron chi connectivity index (χ4n) is 1.50. The number of halogens is 1. The van der Waals surface area contributed by atoms with Gasteiger partial charge in [-0.25, -0.2) is 0 Å². The van der Waals surface area contributed by atoms with Crippen molar-refractivity contribution in [2.24, 2.45) is 5.73 Å². The molecule has 0 fully saturated rings. The van der Waals surface area contributed by atoms with E-state index in [-0.39, 0.29) is 0 Å². The molecule has 0 saturated carbocycles. The molecule has 0 heterocycles. The lowest BCUT2D eigenvalue weighted by Gasteiger charge is -2.17. The summed E-state index contributed by atoms with van der Waals surface area (Å²) in [5, 5.41) is 4.18. The van der Waals surface area contributed by atoms with Gasteiger partial charge in [0.1, 0.15) is 0 Å². The van der Waals surface area contributed by atoms with E-state index in [1.807, 2.05) is 36.0 Å². The van der Waals surface area contributed by atoms with Crippen LogP contribution in [0.25, 0.3) is 0 Å². The smallest absolute Gasteiger partial charge is 0.0407 e. The molecule has 1 aromatic carbocycles. The van der Waals surface area contributed by atoms with E-state index in [2.05, 4.69) is 11.6 Å². The van der Waals surface area contributed by atoms with Crippen LogP contribution < -0.4 is 11.1 Å². The molecule has 16 heavy (non-hydrogen) atoms. The Bertz CT molecular complexity index is 290. The van der Waals surface area contributed by atoms with Gasteiger partial charge in [-0.1, -0.05) is 11.6 Å². The molecule has 1 rings (SSSR count). The van der Waals surface area contributed by atoms with Gasteiger partial charge in [-0.15, -0.1) is 0 Å². The number of rotatable bonds is 7. The van der Waals surface area contributed by atoms with Crippen LogP contribution in [0, 0.1) is 0 Å². The molecule has 2 nitrogen and oxygen atoms in total. The highest BCUT2D eigenvalue weighted by Crippen LogP contribution is 2.15. The summed E-state index contributed by atoms with van der Waals surface area (Å²) in [5.41, 5.74) is 6.82. The zero-order chi connectivity index (χ0) is 11.8. The van der Waals surface area contributed by atoms with E-state index in [0.717, 1.165) is 17.1 Å². The molecule has 4 heteroatoms. The molecule has 0 aromatic heterocycles. The van der Waals surface area contributed by atoms with Crippen LogP contribution in [0.3, 0.4) is 0 Å². The first kappa shape index (κ1) is 13.7. The summed E-state index contributed by atoms with van der Waals surface area (Å²) in [6.07, 6.45) is 4.44. The lowest BCUT2D eigenvalue weighted by atomic mass is 10.1. The van der Waals surface area contributed by atoms with Crippen molar-refractivity contribution in [2.75, 3.05) is 23.9 Å². The molecule has 0 aliphatic rings. The van der Waals surface area contributed by atoms with Gasteiger partial charge in [0, 0.05) is 23.3 Å². The highest BCUT2D eigenvalue weighted by Gasteiger charge is 2.05. The van der Waals surface area contributed by atoms with Crippen LogP contribution in [-0.4, -0.2) is 24.6 Å². The summed E-state index contributed by atoms with van der Waals surface area (Å²) in [5.74, 6) is 1.19. The Morgan fingerprint density at radius 1 is 1.38 bits per heavy atom. The molecule has 0 amide bonds. The SMILES string of the molecule is CSCCCC(CN)Nc1ccc(Cl)cc1. The molecular weight excluding hydrogens is 240 g/mol. The van der Waals surface area contributed by atoms with E-state index in [1.54, 1.807) is 0 Å². The van der Waals surface area contributed by atoms with E-state index >= 15 is 0 Å². The standard InChI is InChI=1S/C12H19ClN2S/c1-16-8-2-3-12(9-14)15-11-6-4-10(13)5-7-11/h4-7,12,15H,2-3,8-9,14H2,1H3. The second kappa shape index (κ2) is 7.82. The average molecular weight is 259 g/mol. The van der Waals surface area contributed by atoms with Crippen molar-refractivity contribution >= 4 is 29.1 Å². The molecule has 0 saturated heterocycles. The quantitative estimate of drug-likeness (QED) is 0.738. The Balaban J connectivity index is 2.40. The van der Waals surface area contributed by atoms with Crippen LogP contribution in [-0.2, 0) is 0 Å². The van der Waals surface area contributed by atoms with Gasteiger partial charge in [-0.2, -0.15) is 11.8 Å². The topological polar surface area (TPSA) is 38.0 Å². The van der Waals surface area contributed by atoms with Crippen molar-refractivity contribution in [3.8, 4) is 0 Å². The Hall–Kier alpha value is -0.380. The van der Waals surface area contributed by atoms with Gasteiger partial charge in [0.25, 0.3) is 0 Å². The van der Waals surface area contributed by atoms with Crippen molar-refractivity contribution in [3.63, 3.8) is 0 Å². The van der Waals surface area contributed by atoms with E-state index in [1.165, 1.54) is 12.2 Å². The molecule has 0 spiro atoms. The number of hydrogen-bond acceptors (Lipinski definition) is 3. The summed E-state index contributed by atoms with van der Waals surface area (Å²) in [4.78, 5) is 0. The third-order valence-corrected chi connectivity index (χ3v) is 3.35. The number of benzene rings is 1. The van der Waals surface area contributed by atoms with Crippen LogP contribution in [0.2, 0.25) is 5.02 Å². The van der Waals surface area contributed by atoms with Gasteiger partial charge in [0.15, 0.2) is 0 Å². The second-order valence-corrected chi connectivity index (χ2v) is 5.14. The third kappa shape index (κ3) is 5.10. The van der Waals surface area contributed by atoms with Crippen molar-refractivity contribution in [1.82, 2.24) is 0 Å². The first-order valence-electron chi connectivity index (χ1n) is 5.47. The molecular formula is C12H19ClN2S. The Labute approximate surface area is 107 Å². The zero-order valence-corrected chi connectivity index (χ0v) is 11.2. The minimum Gasteiger partial charge on any atom is -0.381 e. The molecule has 1 aromatic rings. The Morgan fingerprint density at radius 2 is 2.06 bits per heavy atom. The van der Waals surface area contributed by atoms with Crippen molar-refractivity contribution in [3.05, 3.63) is 29.3 Å². The molecule has 90 valence electrons. The predicted molar refractivity (Wildman–Crippen MR) is 75.5 cm³/mol. The van der Waals surface area contributed by atoms with Gasteiger partial charge in [0.2, 0.25) is 0 Å². The van der Waals surface area contributed by atoms with Crippen LogP contribution in [0.15, 0.2) is 24.3 Å². The highest BCUT2D eigenvalue weighted by atomic mass is 35.5. The highest BCUT2D eigenvalue weighted by molar-refractivity contribution is 7.98. The Morgan fingerprint density at radius 3 is 2.62 bits per heavy atom. The van der Waals surface area contributed by atoms with Crippen LogP contribution >= 0.6 is 23.4 Å². The van der Waals surface area contributed by atoms with E-state index in [9.17, 15) is 0 Å². The van der Waals surface area contributed by atoms with Crippen LogP contribution in [0.4, 0.5) is 5.69 Å². The maximum atomic E-state index is 5.83. The van der Waals surface area contributed by atoms with Crippen molar-refractivity contribution in [1.29, 1.82) is 0 Å². The van der Waals surface area contributed by atoms with E-state index in [4.69, 9.17) is 17.3 Å². The zero-order valence-electron chi connectivity index (χ0n) is 9.58. The summed E-state index contributed by atoms with van der Waals surface area (Å²) in [6, 6.07) is 8.10. The maximum absolute atomic E-state index is 5.83. The van der Waals surface area contributed by atoms with Gasteiger partial charge in [0.05, 0.1) is 0 Å². The van der Waals surface area contributed by atoms with Crippen LogP contribution in [0.1, 0.15) is 12.8 Å². The monoisotopic (exact) mass is 258 g/mol. The largest absolute Gasteiger partial charge is 0.381 e. The van der Waals surface area contributed by atoms with Crippen LogP contribution in [0.5, 0.6) is 0 Å². The average Bonchev–Trinajstić information content (AvgIpc) is 2.31. The van der Waals surface area contributed by atoms with Gasteiger partial charge >= 0.3 is 0 Å². The summed E-state index contributed by atoms with van der Waals surface area (Å²) in [7, 11) is 0. The summed E-state index contributed by atoms with van der Waals surface area (Å²) < 4.78 is 0. The fraction of sp³-hybridized carbons (Fsp3) is 0.500. The summed E-state index contributed by atoms with van der Waals surface area (Å²) in [6.45, 7) is 0.664. The lowest BCUT2D eigenvalue weighted by molar-refractivity contribution is 0.652. The van der Waals surface area contributed by atoms with Crippen molar-refractivity contribution < 1.29 is 0 Å². The van der Waals surface area contributed by atoms with Gasteiger partial charge in [-0.3, -0.25) is 0 Å². The molecule has 1 unspecified atom stereocenters. The number of hydrogen-bond donors (Lipinski definition) is 2. The molecule has 0 aliphatic carbocycles. The maximum Gasteiger partial charge on any atom is 0.0407 e.